The smallest absolute Gasteiger partial charge is 0.141 e. The van der Waals surface area contributed by atoms with Crippen LogP contribution in [0, 0.1) is 13.8 Å². The van der Waals surface area contributed by atoms with Gasteiger partial charge in [0.25, 0.3) is 0 Å². The van der Waals surface area contributed by atoms with Crippen molar-refractivity contribution in [1.82, 2.24) is 0 Å². The van der Waals surface area contributed by atoms with Crippen molar-refractivity contribution in [3.8, 4) is 5.75 Å². The molecular weight excluding hydrogens is 224 g/mol. The van der Waals surface area contributed by atoms with Gasteiger partial charge in [-0.1, -0.05) is 24.3 Å². The number of benzene rings is 2. The Morgan fingerprint density at radius 2 is 1.56 bits per heavy atom. The Morgan fingerprint density at radius 3 is 2.00 bits per heavy atom. The van der Waals surface area contributed by atoms with Crippen molar-refractivity contribution in [2.75, 3.05) is 18.6 Å². The molecule has 0 aliphatic carbocycles. The summed E-state index contributed by atoms with van der Waals surface area (Å²) in [5, 5.41) is 0. The summed E-state index contributed by atoms with van der Waals surface area (Å²) in [6, 6.07) is 13.5. The second-order valence-electron chi connectivity index (χ2n) is 4.10. The van der Waals surface area contributed by atoms with Crippen molar-refractivity contribution in [2.45, 2.75) is 13.8 Å². The maximum atomic E-state index is 5.61. The summed E-state index contributed by atoms with van der Waals surface area (Å²) in [7, 11) is 1.61. The third-order valence-corrected chi connectivity index (χ3v) is 2.57. The molecule has 0 aliphatic rings. The standard InChI is InChI=1S/C8H11NO.C7H9N/c1-6-3-4-8(10-2)7(9)5-6;1-6-4-2-3-5-7(6)8/h3-5H,9H2,1-2H3;2-5H,8H2,1H3. The van der Waals surface area contributed by atoms with Gasteiger partial charge in [-0.2, -0.15) is 0 Å². The van der Waals surface area contributed by atoms with Gasteiger partial charge in [-0.15, -0.1) is 0 Å². The molecule has 18 heavy (non-hydrogen) atoms. The first-order valence-corrected chi connectivity index (χ1v) is 5.76. The number of para-hydroxylation sites is 1. The zero-order valence-electron chi connectivity index (χ0n) is 11.1. The molecule has 0 spiro atoms. The molecule has 0 fully saturated rings. The average molecular weight is 244 g/mol. The van der Waals surface area contributed by atoms with Crippen LogP contribution in [0.2, 0.25) is 0 Å². The minimum absolute atomic E-state index is 0.697. The lowest BCUT2D eigenvalue weighted by Crippen LogP contribution is -1.91. The van der Waals surface area contributed by atoms with E-state index in [4.69, 9.17) is 16.2 Å². The molecule has 4 N–H and O–H groups in total. The van der Waals surface area contributed by atoms with Gasteiger partial charge >= 0.3 is 0 Å². The number of hydrogen-bond donors (Lipinski definition) is 2. The molecule has 2 aromatic carbocycles. The molecule has 0 aromatic heterocycles. The van der Waals surface area contributed by atoms with E-state index in [9.17, 15) is 0 Å². The lowest BCUT2D eigenvalue weighted by molar-refractivity contribution is 0.417. The average Bonchev–Trinajstić information content (AvgIpc) is 2.34. The third kappa shape index (κ3) is 4.01. The van der Waals surface area contributed by atoms with Gasteiger partial charge in [0.05, 0.1) is 12.8 Å². The van der Waals surface area contributed by atoms with Gasteiger partial charge in [0.15, 0.2) is 0 Å². The van der Waals surface area contributed by atoms with Crippen molar-refractivity contribution < 1.29 is 4.74 Å². The minimum Gasteiger partial charge on any atom is -0.495 e. The van der Waals surface area contributed by atoms with E-state index in [1.807, 2.05) is 56.3 Å². The van der Waals surface area contributed by atoms with Crippen LogP contribution in [-0.4, -0.2) is 7.11 Å². The van der Waals surface area contributed by atoms with E-state index in [0.29, 0.717) is 5.69 Å². The Kier molecular flexibility index (Phi) is 5.06. The first-order valence-electron chi connectivity index (χ1n) is 5.76. The molecule has 0 saturated heterocycles. The molecule has 0 radical (unpaired) electrons. The maximum absolute atomic E-state index is 5.61. The Labute approximate surface area is 108 Å². The molecule has 0 amide bonds. The van der Waals surface area contributed by atoms with E-state index in [1.165, 1.54) is 0 Å². The molecule has 3 nitrogen and oxygen atoms in total. The Bertz CT molecular complexity index is 489. The van der Waals surface area contributed by atoms with Gasteiger partial charge in [0.1, 0.15) is 5.75 Å². The van der Waals surface area contributed by atoms with Crippen LogP contribution in [0.25, 0.3) is 0 Å². The van der Waals surface area contributed by atoms with E-state index < -0.39 is 0 Å². The highest BCUT2D eigenvalue weighted by Gasteiger charge is 1.95. The minimum atomic E-state index is 0.697. The first kappa shape index (κ1) is 13.9. The Morgan fingerprint density at radius 1 is 0.889 bits per heavy atom. The molecule has 0 heterocycles. The fourth-order valence-electron chi connectivity index (χ4n) is 1.44. The van der Waals surface area contributed by atoms with E-state index in [1.54, 1.807) is 7.11 Å². The summed E-state index contributed by atoms with van der Waals surface area (Å²) in [5.74, 6) is 0.741. The number of nitrogens with two attached hydrogens (primary N) is 2. The Balaban J connectivity index is 0.000000184. The lowest BCUT2D eigenvalue weighted by Gasteiger charge is -2.03. The predicted octanol–water partition coefficient (Wildman–Crippen LogP) is 3.16. The summed E-state index contributed by atoms with van der Waals surface area (Å²) in [4.78, 5) is 0. The summed E-state index contributed by atoms with van der Waals surface area (Å²) in [6.45, 7) is 3.99. The van der Waals surface area contributed by atoms with Crippen LogP contribution >= 0.6 is 0 Å². The van der Waals surface area contributed by atoms with Crippen LogP contribution in [0.1, 0.15) is 11.1 Å². The zero-order valence-corrected chi connectivity index (χ0v) is 11.1. The highest BCUT2D eigenvalue weighted by Crippen LogP contribution is 2.20. The normalized spacial score (nSPS) is 9.28. The molecule has 0 bridgehead atoms. The first-order chi connectivity index (χ1) is 8.54. The zero-order chi connectivity index (χ0) is 13.5. The molecule has 2 aromatic rings. The fourth-order valence-corrected chi connectivity index (χ4v) is 1.44. The molecule has 2 rings (SSSR count). The topological polar surface area (TPSA) is 61.3 Å². The van der Waals surface area contributed by atoms with E-state index in [2.05, 4.69) is 0 Å². The molecule has 0 aliphatic heterocycles. The van der Waals surface area contributed by atoms with Crippen LogP contribution in [0.4, 0.5) is 11.4 Å². The van der Waals surface area contributed by atoms with E-state index in [0.717, 1.165) is 22.6 Å². The van der Waals surface area contributed by atoms with Gasteiger partial charge in [-0.05, 0) is 43.2 Å². The fraction of sp³-hybridized carbons (Fsp3) is 0.200. The molecule has 0 atom stereocenters. The molecule has 0 unspecified atom stereocenters. The van der Waals surface area contributed by atoms with Crippen molar-refractivity contribution in [3.05, 3.63) is 53.6 Å². The van der Waals surface area contributed by atoms with Crippen molar-refractivity contribution in [2.24, 2.45) is 0 Å². The summed E-state index contributed by atoms with van der Waals surface area (Å²) in [5.41, 5.74) is 15.0. The van der Waals surface area contributed by atoms with E-state index >= 15 is 0 Å². The number of ether oxygens (including phenoxy) is 1. The number of aryl methyl sites for hydroxylation is 2. The van der Waals surface area contributed by atoms with Gasteiger partial charge in [-0.25, -0.2) is 0 Å². The monoisotopic (exact) mass is 244 g/mol. The van der Waals surface area contributed by atoms with Crippen LogP contribution in [-0.2, 0) is 0 Å². The van der Waals surface area contributed by atoms with Crippen LogP contribution < -0.4 is 16.2 Å². The number of rotatable bonds is 1. The third-order valence-electron chi connectivity index (χ3n) is 2.57. The van der Waals surface area contributed by atoms with E-state index in [-0.39, 0.29) is 0 Å². The second kappa shape index (κ2) is 6.55. The second-order valence-corrected chi connectivity index (χ2v) is 4.10. The van der Waals surface area contributed by atoms with Gasteiger partial charge < -0.3 is 16.2 Å². The summed E-state index contributed by atoms with van der Waals surface area (Å²) < 4.78 is 4.97. The number of nitrogen functional groups attached to an aromatic ring is 2. The predicted molar refractivity (Wildman–Crippen MR) is 77.7 cm³/mol. The highest BCUT2D eigenvalue weighted by atomic mass is 16.5. The van der Waals surface area contributed by atoms with Gasteiger partial charge in [0, 0.05) is 5.69 Å². The van der Waals surface area contributed by atoms with Crippen molar-refractivity contribution in [1.29, 1.82) is 0 Å². The molecule has 3 heteroatoms. The van der Waals surface area contributed by atoms with Crippen molar-refractivity contribution >= 4 is 11.4 Å². The lowest BCUT2D eigenvalue weighted by atomic mass is 10.2. The summed E-state index contributed by atoms with van der Waals surface area (Å²) in [6.07, 6.45) is 0. The van der Waals surface area contributed by atoms with Crippen molar-refractivity contribution in [3.63, 3.8) is 0 Å². The number of hydrogen-bond acceptors (Lipinski definition) is 3. The SMILES string of the molecule is COc1ccc(C)cc1N.Cc1ccccc1N. The van der Waals surface area contributed by atoms with Crippen LogP contribution in [0.15, 0.2) is 42.5 Å². The van der Waals surface area contributed by atoms with Gasteiger partial charge in [0.2, 0.25) is 0 Å². The summed E-state index contributed by atoms with van der Waals surface area (Å²) >= 11 is 0. The van der Waals surface area contributed by atoms with Crippen LogP contribution in [0.3, 0.4) is 0 Å². The quantitative estimate of drug-likeness (QED) is 0.757. The highest BCUT2D eigenvalue weighted by molar-refractivity contribution is 5.53. The van der Waals surface area contributed by atoms with Gasteiger partial charge in [-0.3, -0.25) is 0 Å². The molecule has 0 saturated carbocycles. The maximum Gasteiger partial charge on any atom is 0.141 e. The largest absolute Gasteiger partial charge is 0.495 e. The van der Waals surface area contributed by atoms with Crippen LogP contribution in [0.5, 0.6) is 5.75 Å². The molecular formula is C15H20N2O. The molecule has 96 valence electrons. The number of anilines is 2. The Hall–Kier alpha value is -2.16. The number of methoxy groups -OCH3 is 1.